The molecule has 4 nitrogen and oxygen atoms in total. The Balaban J connectivity index is 2.16. The molecular weight excluding hydrogens is 230 g/mol. The van der Waals surface area contributed by atoms with Gasteiger partial charge in [-0.1, -0.05) is 19.9 Å². The molecule has 0 unspecified atom stereocenters. The normalized spacial score (nSPS) is 20.3. The fourth-order valence-corrected chi connectivity index (χ4v) is 2.02. The number of carboxylic acids is 1. The van der Waals surface area contributed by atoms with Gasteiger partial charge >= 0.3 is 5.97 Å². The maximum absolute atomic E-state index is 12.0. The second kappa shape index (κ2) is 4.12. The second-order valence-electron chi connectivity index (χ2n) is 5.57. The minimum atomic E-state index is -0.989. The molecule has 0 radical (unpaired) electrons. The van der Waals surface area contributed by atoms with Gasteiger partial charge in [0.1, 0.15) is 0 Å². The van der Waals surface area contributed by atoms with E-state index in [9.17, 15) is 9.59 Å². The van der Waals surface area contributed by atoms with Gasteiger partial charge in [-0.3, -0.25) is 4.79 Å². The standard InChI is InChI=1S/C14H17NO3/c1-8-4-5-9(13(17)18)6-11(8)15-12(16)10-7-14(10,2)3/h4-6,10H,7H2,1-3H3,(H,15,16)(H,17,18)/t10-/m1/s1. The number of benzene rings is 1. The lowest BCUT2D eigenvalue weighted by molar-refractivity contribution is -0.118. The molecule has 0 spiro atoms. The molecule has 0 aliphatic heterocycles. The molecule has 1 amide bonds. The molecule has 1 aliphatic rings. The first kappa shape index (κ1) is 12.6. The van der Waals surface area contributed by atoms with Crippen molar-refractivity contribution >= 4 is 17.6 Å². The predicted molar refractivity (Wildman–Crippen MR) is 68.7 cm³/mol. The average Bonchev–Trinajstić information content (AvgIpc) is 2.90. The van der Waals surface area contributed by atoms with Crippen LogP contribution in [0.1, 0.15) is 36.2 Å². The van der Waals surface area contributed by atoms with Crippen LogP contribution in [0.4, 0.5) is 5.69 Å². The molecule has 1 aromatic rings. The number of aromatic carboxylic acids is 1. The smallest absolute Gasteiger partial charge is 0.335 e. The van der Waals surface area contributed by atoms with Gasteiger partial charge in [-0.05, 0) is 36.5 Å². The van der Waals surface area contributed by atoms with E-state index in [-0.39, 0.29) is 22.8 Å². The van der Waals surface area contributed by atoms with Crippen molar-refractivity contribution in [3.63, 3.8) is 0 Å². The van der Waals surface area contributed by atoms with Crippen molar-refractivity contribution in [1.29, 1.82) is 0 Å². The number of anilines is 1. The molecule has 2 rings (SSSR count). The van der Waals surface area contributed by atoms with Crippen LogP contribution in [0, 0.1) is 18.3 Å². The number of carboxylic acid groups (broad SMARTS) is 1. The quantitative estimate of drug-likeness (QED) is 0.863. The van der Waals surface area contributed by atoms with Gasteiger partial charge in [0.05, 0.1) is 5.56 Å². The van der Waals surface area contributed by atoms with Crippen LogP contribution in [0.5, 0.6) is 0 Å². The molecule has 1 saturated carbocycles. The number of rotatable bonds is 3. The molecule has 0 aromatic heterocycles. The zero-order valence-electron chi connectivity index (χ0n) is 10.8. The third-order valence-corrected chi connectivity index (χ3v) is 3.57. The lowest BCUT2D eigenvalue weighted by atomic mass is 10.1. The maximum atomic E-state index is 12.0. The van der Waals surface area contributed by atoms with Crippen molar-refractivity contribution < 1.29 is 14.7 Å². The molecule has 1 fully saturated rings. The van der Waals surface area contributed by atoms with Crippen LogP contribution in [-0.4, -0.2) is 17.0 Å². The molecule has 1 aliphatic carbocycles. The second-order valence-corrected chi connectivity index (χ2v) is 5.57. The minimum absolute atomic E-state index is 0.0226. The molecule has 4 heteroatoms. The van der Waals surface area contributed by atoms with Crippen molar-refractivity contribution in [2.75, 3.05) is 5.32 Å². The monoisotopic (exact) mass is 247 g/mol. The van der Waals surface area contributed by atoms with Crippen LogP contribution in [0.15, 0.2) is 18.2 Å². The highest BCUT2D eigenvalue weighted by Gasteiger charge is 2.50. The summed E-state index contributed by atoms with van der Waals surface area (Å²) in [7, 11) is 0. The van der Waals surface area contributed by atoms with Crippen molar-refractivity contribution in [1.82, 2.24) is 0 Å². The first-order valence-electron chi connectivity index (χ1n) is 5.96. The maximum Gasteiger partial charge on any atom is 0.335 e. The van der Waals surface area contributed by atoms with Gasteiger partial charge in [0.25, 0.3) is 0 Å². The molecular formula is C14H17NO3. The highest BCUT2D eigenvalue weighted by molar-refractivity contribution is 5.97. The van der Waals surface area contributed by atoms with Gasteiger partial charge in [-0.2, -0.15) is 0 Å². The highest BCUT2D eigenvalue weighted by atomic mass is 16.4. The molecule has 0 heterocycles. The summed E-state index contributed by atoms with van der Waals surface area (Å²) in [6.07, 6.45) is 0.885. The largest absolute Gasteiger partial charge is 0.478 e. The van der Waals surface area contributed by atoms with Crippen LogP contribution in [-0.2, 0) is 4.79 Å². The highest BCUT2D eigenvalue weighted by Crippen LogP contribution is 2.52. The molecule has 2 N–H and O–H groups in total. The number of carbonyl (C=O) groups is 2. The minimum Gasteiger partial charge on any atom is -0.478 e. The molecule has 0 bridgehead atoms. The van der Waals surface area contributed by atoms with Crippen molar-refractivity contribution in [2.24, 2.45) is 11.3 Å². The molecule has 18 heavy (non-hydrogen) atoms. The van der Waals surface area contributed by atoms with Gasteiger partial charge in [-0.25, -0.2) is 4.79 Å². The average molecular weight is 247 g/mol. The third-order valence-electron chi connectivity index (χ3n) is 3.57. The fraction of sp³-hybridized carbons (Fsp3) is 0.429. The number of amides is 1. The summed E-state index contributed by atoms with van der Waals surface area (Å²) in [4.78, 5) is 22.9. The molecule has 1 aromatic carbocycles. The first-order chi connectivity index (χ1) is 8.31. The van der Waals surface area contributed by atoms with Crippen molar-refractivity contribution in [3.8, 4) is 0 Å². The van der Waals surface area contributed by atoms with E-state index in [1.807, 2.05) is 6.92 Å². The van der Waals surface area contributed by atoms with Crippen LogP contribution in [0.2, 0.25) is 0 Å². The van der Waals surface area contributed by atoms with E-state index < -0.39 is 5.97 Å². The van der Waals surface area contributed by atoms with Gasteiger partial charge in [0.2, 0.25) is 5.91 Å². The Morgan fingerprint density at radius 3 is 2.50 bits per heavy atom. The number of aryl methyl sites for hydroxylation is 1. The number of nitrogens with one attached hydrogen (secondary N) is 1. The van der Waals surface area contributed by atoms with Crippen LogP contribution >= 0.6 is 0 Å². The van der Waals surface area contributed by atoms with Gasteiger partial charge in [0.15, 0.2) is 0 Å². The summed E-state index contributed by atoms with van der Waals surface area (Å²) >= 11 is 0. The van der Waals surface area contributed by atoms with E-state index in [1.165, 1.54) is 12.1 Å². The van der Waals surface area contributed by atoms with E-state index in [4.69, 9.17) is 5.11 Å². The lowest BCUT2D eigenvalue weighted by Gasteiger charge is -2.10. The van der Waals surface area contributed by atoms with Crippen LogP contribution < -0.4 is 5.32 Å². The molecule has 1 atom stereocenters. The third kappa shape index (κ3) is 2.37. The topological polar surface area (TPSA) is 66.4 Å². The Hall–Kier alpha value is -1.84. The van der Waals surface area contributed by atoms with Crippen LogP contribution in [0.3, 0.4) is 0 Å². The van der Waals surface area contributed by atoms with E-state index in [2.05, 4.69) is 19.2 Å². The van der Waals surface area contributed by atoms with Gasteiger partial charge < -0.3 is 10.4 Å². The van der Waals surface area contributed by atoms with Gasteiger partial charge in [-0.15, -0.1) is 0 Å². The number of hydrogen-bond acceptors (Lipinski definition) is 2. The Morgan fingerprint density at radius 2 is 2.00 bits per heavy atom. The summed E-state index contributed by atoms with van der Waals surface area (Å²) in [5, 5.41) is 11.7. The first-order valence-corrected chi connectivity index (χ1v) is 5.96. The zero-order valence-corrected chi connectivity index (χ0v) is 10.8. The number of hydrogen-bond donors (Lipinski definition) is 2. The number of carbonyl (C=O) groups excluding carboxylic acids is 1. The van der Waals surface area contributed by atoms with Crippen LogP contribution in [0.25, 0.3) is 0 Å². The lowest BCUT2D eigenvalue weighted by Crippen LogP contribution is -2.17. The Labute approximate surface area is 106 Å². The van der Waals surface area contributed by atoms with Gasteiger partial charge in [0, 0.05) is 11.6 Å². The van der Waals surface area contributed by atoms with Crippen molar-refractivity contribution in [2.45, 2.75) is 27.2 Å². The van der Waals surface area contributed by atoms with Crippen molar-refractivity contribution in [3.05, 3.63) is 29.3 Å². The fourth-order valence-electron chi connectivity index (χ4n) is 2.02. The Bertz CT molecular complexity index is 520. The summed E-state index contributed by atoms with van der Waals surface area (Å²) < 4.78 is 0. The summed E-state index contributed by atoms with van der Waals surface area (Å²) in [6.45, 7) is 5.95. The summed E-state index contributed by atoms with van der Waals surface area (Å²) in [5.74, 6) is -0.978. The molecule has 96 valence electrons. The zero-order chi connectivity index (χ0) is 13.5. The summed E-state index contributed by atoms with van der Waals surface area (Å²) in [6, 6.07) is 4.75. The van der Waals surface area contributed by atoms with E-state index >= 15 is 0 Å². The Morgan fingerprint density at radius 1 is 1.39 bits per heavy atom. The SMILES string of the molecule is Cc1ccc(C(=O)O)cc1NC(=O)[C@H]1CC1(C)C. The van der Waals surface area contributed by atoms with E-state index in [0.29, 0.717) is 5.69 Å². The Kier molecular flexibility index (Phi) is 2.89. The molecule has 0 saturated heterocycles. The summed E-state index contributed by atoms with van der Waals surface area (Å²) in [5.41, 5.74) is 1.71. The van der Waals surface area contributed by atoms with E-state index in [0.717, 1.165) is 12.0 Å². The predicted octanol–water partition coefficient (Wildman–Crippen LogP) is 2.68. The van der Waals surface area contributed by atoms with E-state index in [1.54, 1.807) is 6.07 Å².